The van der Waals surface area contributed by atoms with Crippen LogP contribution in [-0.2, 0) is 4.79 Å². The molecule has 0 aliphatic rings. The molecule has 1 amide bonds. The van der Waals surface area contributed by atoms with Crippen LogP contribution in [0.1, 0.15) is 123 Å². The second kappa shape index (κ2) is 19.5. The first-order valence-electron chi connectivity index (χ1n) is 11.0. The molecule has 0 saturated heterocycles. The second-order valence-electron chi connectivity index (χ2n) is 7.31. The average Bonchev–Trinajstić information content (AvgIpc) is 2.62. The van der Waals surface area contributed by atoms with Crippen LogP contribution in [0.4, 0.5) is 0 Å². The van der Waals surface area contributed by atoms with Crippen molar-refractivity contribution in [2.45, 2.75) is 123 Å². The molecule has 0 aliphatic carbocycles. The molecular formula is C23H44NO. The Morgan fingerprint density at radius 1 is 0.760 bits per heavy atom. The maximum Gasteiger partial charge on any atom is 0.224 e. The van der Waals surface area contributed by atoms with Gasteiger partial charge in [0.15, 0.2) is 0 Å². The van der Waals surface area contributed by atoms with Crippen LogP contribution in [0.5, 0.6) is 0 Å². The number of allylic oxidation sites excluding steroid dienone is 2. The van der Waals surface area contributed by atoms with E-state index in [1.54, 1.807) is 0 Å². The summed E-state index contributed by atoms with van der Waals surface area (Å²) in [7, 11) is 0. The van der Waals surface area contributed by atoms with E-state index < -0.39 is 0 Å². The Morgan fingerprint density at radius 2 is 1.16 bits per heavy atom. The van der Waals surface area contributed by atoms with E-state index in [2.05, 4.69) is 19.2 Å². The van der Waals surface area contributed by atoms with Gasteiger partial charge in [0.25, 0.3) is 0 Å². The Bertz CT molecular complexity index is 322. The zero-order chi connectivity index (χ0) is 18.6. The van der Waals surface area contributed by atoms with E-state index in [0.717, 1.165) is 12.1 Å². The number of hydrogen-bond donors (Lipinski definition) is 1. The highest BCUT2D eigenvalue weighted by Crippen LogP contribution is 2.13. The highest BCUT2D eigenvalue weighted by Gasteiger charge is 2.02. The average molecular weight is 351 g/mol. The molecular weight excluding hydrogens is 306 g/mol. The molecule has 0 aliphatic heterocycles. The Hall–Kier alpha value is -0.790. The molecule has 0 aromatic carbocycles. The molecule has 25 heavy (non-hydrogen) atoms. The van der Waals surface area contributed by atoms with Gasteiger partial charge in [0, 0.05) is 12.1 Å². The van der Waals surface area contributed by atoms with Crippen molar-refractivity contribution < 1.29 is 4.79 Å². The highest BCUT2D eigenvalue weighted by atomic mass is 16.1. The number of amides is 1. The van der Waals surface area contributed by atoms with E-state index in [9.17, 15) is 4.79 Å². The summed E-state index contributed by atoms with van der Waals surface area (Å²) >= 11 is 0. The molecule has 0 rings (SSSR count). The van der Waals surface area contributed by atoms with E-state index in [1.165, 1.54) is 89.9 Å². The summed E-state index contributed by atoms with van der Waals surface area (Å²) in [5.41, 5.74) is 0.936. The van der Waals surface area contributed by atoms with Gasteiger partial charge in [0.1, 0.15) is 0 Å². The minimum Gasteiger partial charge on any atom is -0.330 e. The van der Waals surface area contributed by atoms with Gasteiger partial charge in [-0.3, -0.25) is 4.79 Å². The van der Waals surface area contributed by atoms with Crippen LogP contribution in [0.15, 0.2) is 11.8 Å². The molecule has 147 valence electrons. The maximum absolute atomic E-state index is 11.7. The fourth-order valence-electron chi connectivity index (χ4n) is 3.18. The third kappa shape index (κ3) is 17.8. The van der Waals surface area contributed by atoms with E-state index in [4.69, 9.17) is 0 Å². The Balaban J connectivity index is 3.20. The minimum absolute atomic E-state index is 0.145. The van der Waals surface area contributed by atoms with Crippen molar-refractivity contribution in [1.82, 2.24) is 5.32 Å². The number of carbonyl (C=O) groups is 1. The van der Waals surface area contributed by atoms with E-state index >= 15 is 0 Å². The quantitative estimate of drug-likeness (QED) is 0.255. The first-order valence-corrected chi connectivity index (χ1v) is 11.0. The Kier molecular flexibility index (Phi) is 18.9. The molecule has 0 unspecified atom stereocenters. The van der Waals surface area contributed by atoms with Crippen molar-refractivity contribution in [1.29, 1.82) is 0 Å². The third-order valence-electron chi connectivity index (χ3n) is 4.93. The number of unbranched alkanes of at least 4 members (excludes halogenated alkanes) is 14. The van der Waals surface area contributed by atoms with Gasteiger partial charge in [-0.15, -0.1) is 0 Å². The van der Waals surface area contributed by atoms with Crippen molar-refractivity contribution >= 4 is 5.91 Å². The van der Waals surface area contributed by atoms with Crippen molar-refractivity contribution in [3.8, 4) is 0 Å². The molecule has 2 heteroatoms. The molecule has 1 radical (unpaired) electrons. The molecule has 0 heterocycles. The van der Waals surface area contributed by atoms with Crippen LogP contribution < -0.4 is 5.32 Å². The topological polar surface area (TPSA) is 29.1 Å². The molecule has 0 fully saturated rings. The lowest BCUT2D eigenvalue weighted by molar-refractivity contribution is -0.120. The molecule has 2 nitrogen and oxygen atoms in total. The Morgan fingerprint density at radius 3 is 1.52 bits per heavy atom. The number of carbonyl (C=O) groups excluding carboxylic acids is 1. The minimum atomic E-state index is 0.145. The standard InChI is InChI=1S/C23H44NO/c1-4-7-8-9-10-11-12-13-14-15-16-17-18-19-20-21-23(25)24-22(5-2)6-3/h6H,2,4-5,7-21H2,1,3H3,(H,24,25). The Labute approximate surface area is 158 Å². The van der Waals surface area contributed by atoms with Crippen molar-refractivity contribution in [3.05, 3.63) is 18.7 Å². The smallest absolute Gasteiger partial charge is 0.224 e. The van der Waals surface area contributed by atoms with Crippen LogP contribution in [0.25, 0.3) is 0 Å². The van der Waals surface area contributed by atoms with Gasteiger partial charge in [0.2, 0.25) is 5.91 Å². The van der Waals surface area contributed by atoms with Crippen molar-refractivity contribution in [3.63, 3.8) is 0 Å². The fraction of sp³-hybridized carbons (Fsp3) is 0.826. The second-order valence-corrected chi connectivity index (χ2v) is 7.31. The van der Waals surface area contributed by atoms with Gasteiger partial charge in [-0.1, -0.05) is 103 Å². The number of hydrogen-bond acceptors (Lipinski definition) is 1. The molecule has 0 saturated carbocycles. The van der Waals surface area contributed by atoms with Gasteiger partial charge < -0.3 is 5.32 Å². The number of rotatable bonds is 18. The van der Waals surface area contributed by atoms with Gasteiger partial charge in [0.05, 0.1) is 0 Å². The summed E-state index contributed by atoms with van der Waals surface area (Å²) in [4.78, 5) is 11.7. The van der Waals surface area contributed by atoms with Crippen LogP contribution in [0, 0.1) is 6.92 Å². The van der Waals surface area contributed by atoms with E-state index in [0.29, 0.717) is 12.8 Å². The van der Waals surface area contributed by atoms with Crippen molar-refractivity contribution in [2.75, 3.05) is 0 Å². The van der Waals surface area contributed by atoms with E-state index in [-0.39, 0.29) is 5.91 Å². The van der Waals surface area contributed by atoms with Gasteiger partial charge in [-0.25, -0.2) is 0 Å². The van der Waals surface area contributed by atoms with Crippen LogP contribution in [0.2, 0.25) is 0 Å². The molecule has 0 aromatic heterocycles. The molecule has 0 spiro atoms. The van der Waals surface area contributed by atoms with Crippen LogP contribution >= 0.6 is 0 Å². The lowest BCUT2D eigenvalue weighted by Crippen LogP contribution is -2.21. The summed E-state index contributed by atoms with van der Waals surface area (Å²) in [6, 6.07) is 0. The third-order valence-corrected chi connectivity index (χ3v) is 4.93. The predicted molar refractivity (Wildman–Crippen MR) is 111 cm³/mol. The zero-order valence-electron chi connectivity index (χ0n) is 17.2. The lowest BCUT2D eigenvalue weighted by atomic mass is 10.0. The SMILES string of the molecule is [CH2]CC(=CC)NC(=O)CCCCCCCCCCCCCCCCC. The number of nitrogens with one attached hydrogen (secondary N) is 1. The van der Waals surface area contributed by atoms with Gasteiger partial charge in [-0.2, -0.15) is 0 Å². The molecule has 0 bridgehead atoms. The van der Waals surface area contributed by atoms with Gasteiger partial charge in [-0.05, 0) is 26.7 Å². The summed E-state index contributed by atoms with van der Waals surface area (Å²) in [5, 5.41) is 2.93. The maximum atomic E-state index is 11.7. The largest absolute Gasteiger partial charge is 0.330 e. The van der Waals surface area contributed by atoms with Crippen LogP contribution in [-0.4, -0.2) is 5.91 Å². The summed E-state index contributed by atoms with van der Waals surface area (Å²) in [6.07, 6.45) is 23.6. The summed E-state index contributed by atoms with van der Waals surface area (Å²) in [6.45, 7) is 8.02. The lowest BCUT2D eigenvalue weighted by Gasteiger charge is -2.07. The highest BCUT2D eigenvalue weighted by molar-refractivity contribution is 5.77. The normalized spacial score (nSPS) is 11.7. The van der Waals surface area contributed by atoms with Gasteiger partial charge >= 0.3 is 0 Å². The van der Waals surface area contributed by atoms with Crippen molar-refractivity contribution in [2.24, 2.45) is 0 Å². The fourth-order valence-corrected chi connectivity index (χ4v) is 3.18. The molecule has 0 aromatic rings. The molecule has 0 atom stereocenters. The first kappa shape index (κ1) is 24.2. The molecule has 1 N–H and O–H groups in total. The zero-order valence-corrected chi connectivity index (χ0v) is 17.2. The first-order chi connectivity index (χ1) is 12.2. The predicted octanol–water partition coefficient (Wildman–Crippen LogP) is 7.49. The summed E-state index contributed by atoms with van der Waals surface area (Å²) in [5.74, 6) is 0.145. The van der Waals surface area contributed by atoms with E-state index in [1.807, 2.05) is 13.0 Å². The van der Waals surface area contributed by atoms with Crippen LogP contribution in [0.3, 0.4) is 0 Å². The monoisotopic (exact) mass is 350 g/mol. The summed E-state index contributed by atoms with van der Waals surface area (Å²) < 4.78 is 0.